The molecule has 1 aliphatic rings. The first kappa shape index (κ1) is 21.1. The maximum absolute atomic E-state index is 12.8. The van der Waals surface area contributed by atoms with E-state index in [2.05, 4.69) is 83.3 Å². The molecule has 2 aromatic carbocycles. The summed E-state index contributed by atoms with van der Waals surface area (Å²) < 4.78 is 0. The molecular weight excluding hydrogens is 386 g/mol. The second-order valence-corrected chi connectivity index (χ2v) is 8.08. The number of hydrogen-bond donors (Lipinski definition) is 2. The molecule has 6 heteroatoms. The third-order valence-electron chi connectivity index (χ3n) is 5.99. The highest BCUT2D eigenvalue weighted by Crippen LogP contribution is 2.25. The average Bonchev–Trinajstić information content (AvgIpc) is 2.77. The fourth-order valence-electron chi connectivity index (χ4n) is 4.22. The van der Waals surface area contributed by atoms with E-state index in [-0.39, 0.29) is 5.56 Å². The topological polar surface area (TPSA) is 64.3 Å². The van der Waals surface area contributed by atoms with Crippen molar-refractivity contribution in [2.24, 2.45) is 0 Å². The summed E-state index contributed by atoms with van der Waals surface area (Å²) in [5.74, 6) is 0.513. The van der Waals surface area contributed by atoms with E-state index in [1.807, 2.05) is 6.07 Å². The van der Waals surface area contributed by atoms with Gasteiger partial charge in [-0.3, -0.25) is 14.7 Å². The molecule has 0 radical (unpaired) electrons. The fraction of sp³-hybridized carbons (Fsp3) is 0.360. The predicted octanol–water partition coefficient (Wildman–Crippen LogP) is 4.23. The van der Waals surface area contributed by atoms with Gasteiger partial charge in [0.25, 0.3) is 5.56 Å². The van der Waals surface area contributed by atoms with Crippen LogP contribution in [-0.2, 0) is 19.5 Å². The third kappa shape index (κ3) is 4.80. The molecule has 6 nitrogen and oxygen atoms in total. The van der Waals surface area contributed by atoms with Crippen molar-refractivity contribution in [3.05, 3.63) is 81.3 Å². The van der Waals surface area contributed by atoms with Crippen LogP contribution >= 0.6 is 0 Å². The van der Waals surface area contributed by atoms with E-state index in [1.54, 1.807) is 0 Å². The number of nitrogens with zero attached hydrogens (tertiary/aromatic N) is 3. The largest absolute Gasteiger partial charge is 0.372 e. The van der Waals surface area contributed by atoms with E-state index in [0.29, 0.717) is 12.5 Å². The molecule has 0 unspecified atom stereocenters. The van der Waals surface area contributed by atoms with E-state index >= 15 is 0 Å². The average molecular weight is 418 g/mol. The first-order valence-electron chi connectivity index (χ1n) is 11.1. The zero-order valence-electron chi connectivity index (χ0n) is 18.6. The van der Waals surface area contributed by atoms with Crippen molar-refractivity contribution in [2.45, 2.75) is 40.3 Å². The zero-order valence-corrected chi connectivity index (χ0v) is 18.6. The second-order valence-electron chi connectivity index (χ2n) is 8.08. The van der Waals surface area contributed by atoms with Crippen LogP contribution in [0.1, 0.15) is 36.2 Å². The van der Waals surface area contributed by atoms with Crippen molar-refractivity contribution in [3.63, 3.8) is 0 Å². The van der Waals surface area contributed by atoms with Gasteiger partial charge in [0.2, 0.25) is 5.95 Å². The monoisotopic (exact) mass is 417 g/mol. The summed E-state index contributed by atoms with van der Waals surface area (Å²) in [6, 6.07) is 16.7. The van der Waals surface area contributed by atoms with Crippen LogP contribution in [0.4, 0.5) is 17.3 Å². The molecule has 1 aromatic heterocycles. The van der Waals surface area contributed by atoms with Crippen LogP contribution in [-0.4, -0.2) is 34.5 Å². The number of aromatic amines is 1. The number of aryl methyl sites for hydroxylation is 1. The molecule has 1 aliphatic heterocycles. The molecule has 0 spiro atoms. The van der Waals surface area contributed by atoms with Crippen molar-refractivity contribution < 1.29 is 0 Å². The number of nitrogens with one attached hydrogen (secondary N) is 2. The van der Waals surface area contributed by atoms with Gasteiger partial charge in [-0.2, -0.15) is 0 Å². The number of benzene rings is 2. The van der Waals surface area contributed by atoms with Crippen LogP contribution in [0.15, 0.2) is 53.3 Å². The smallest absolute Gasteiger partial charge is 0.257 e. The SMILES string of the molecule is CCN(CC)c1ccc(Nc2nc3c(c(=O)[nH]2)CN(Cc2ccccc2)CC3)c(C)c1. The summed E-state index contributed by atoms with van der Waals surface area (Å²) in [5, 5.41) is 3.32. The van der Waals surface area contributed by atoms with Gasteiger partial charge in [-0.1, -0.05) is 30.3 Å². The summed E-state index contributed by atoms with van der Waals surface area (Å²) in [7, 11) is 0. The molecule has 0 fully saturated rings. The van der Waals surface area contributed by atoms with Gasteiger partial charge >= 0.3 is 0 Å². The molecular formula is C25H31N5O. The first-order chi connectivity index (χ1) is 15.1. The summed E-state index contributed by atoms with van der Waals surface area (Å²) in [6.07, 6.45) is 0.778. The van der Waals surface area contributed by atoms with E-state index < -0.39 is 0 Å². The number of aromatic nitrogens is 2. The molecule has 0 aliphatic carbocycles. The minimum absolute atomic E-state index is 0.0531. The number of rotatable bonds is 7. The summed E-state index contributed by atoms with van der Waals surface area (Å²) >= 11 is 0. The van der Waals surface area contributed by atoms with Gasteiger partial charge in [0.15, 0.2) is 0 Å². The zero-order chi connectivity index (χ0) is 21.8. The Morgan fingerprint density at radius 2 is 1.90 bits per heavy atom. The van der Waals surface area contributed by atoms with Gasteiger partial charge in [-0.05, 0) is 50.1 Å². The molecule has 0 atom stereocenters. The lowest BCUT2D eigenvalue weighted by molar-refractivity contribution is 0.242. The van der Waals surface area contributed by atoms with Crippen molar-refractivity contribution in [1.29, 1.82) is 0 Å². The van der Waals surface area contributed by atoms with Gasteiger partial charge < -0.3 is 10.2 Å². The Labute approximate surface area is 183 Å². The summed E-state index contributed by atoms with van der Waals surface area (Å²) in [5.41, 5.74) is 6.17. The molecule has 0 saturated carbocycles. The van der Waals surface area contributed by atoms with Crippen molar-refractivity contribution >= 4 is 17.3 Å². The quantitative estimate of drug-likeness (QED) is 0.602. The van der Waals surface area contributed by atoms with Crippen LogP contribution in [0.2, 0.25) is 0 Å². The molecule has 162 valence electrons. The van der Waals surface area contributed by atoms with Crippen LogP contribution in [0.3, 0.4) is 0 Å². The van der Waals surface area contributed by atoms with Gasteiger partial charge in [0, 0.05) is 50.5 Å². The molecule has 0 bridgehead atoms. The number of hydrogen-bond acceptors (Lipinski definition) is 5. The van der Waals surface area contributed by atoms with Gasteiger partial charge in [0.1, 0.15) is 0 Å². The molecule has 2 heterocycles. The minimum atomic E-state index is -0.0531. The van der Waals surface area contributed by atoms with Crippen molar-refractivity contribution in [1.82, 2.24) is 14.9 Å². The van der Waals surface area contributed by atoms with E-state index in [9.17, 15) is 4.79 Å². The maximum atomic E-state index is 12.8. The van der Waals surface area contributed by atoms with Crippen molar-refractivity contribution in [3.8, 4) is 0 Å². The highest BCUT2D eigenvalue weighted by Gasteiger charge is 2.21. The third-order valence-corrected chi connectivity index (χ3v) is 5.99. The Bertz CT molecular complexity index is 1090. The Balaban J connectivity index is 1.50. The molecule has 2 N–H and O–H groups in total. The Kier molecular flexibility index (Phi) is 6.37. The number of fused-ring (bicyclic) bond motifs is 1. The molecule has 4 rings (SSSR count). The lowest BCUT2D eigenvalue weighted by atomic mass is 10.1. The second kappa shape index (κ2) is 9.35. The summed E-state index contributed by atoms with van der Waals surface area (Å²) in [6.45, 7) is 10.7. The van der Waals surface area contributed by atoms with Gasteiger partial charge in [-0.15, -0.1) is 0 Å². The highest BCUT2D eigenvalue weighted by molar-refractivity contribution is 5.64. The Morgan fingerprint density at radius 3 is 2.61 bits per heavy atom. The Morgan fingerprint density at radius 1 is 1.13 bits per heavy atom. The van der Waals surface area contributed by atoms with Gasteiger partial charge in [0.05, 0.1) is 11.3 Å². The lowest BCUT2D eigenvalue weighted by Gasteiger charge is -2.27. The van der Waals surface area contributed by atoms with Gasteiger partial charge in [-0.25, -0.2) is 4.98 Å². The molecule has 3 aromatic rings. The molecule has 31 heavy (non-hydrogen) atoms. The maximum Gasteiger partial charge on any atom is 0.257 e. The predicted molar refractivity (Wildman–Crippen MR) is 127 cm³/mol. The fourth-order valence-corrected chi connectivity index (χ4v) is 4.22. The normalized spacial score (nSPS) is 13.6. The van der Waals surface area contributed by atoms with E-state index in [4.69, 9.17) is 4.98 Å². The minimum Gasteiger partial charge on any atom is -0.372 e. The first-order valence-corrected chi connectivity index (χ1v) is 11.1. The van der Waals surface area contributed by atoms with E-state index in [0.717, 1.165) is 55.1 Å². The van der Waals surface area contributed by atoms with Crippen LogP contribution in [0.25, 0.3) is 0 Å². The van der Waals surface area contributed by atoms with Crippen LogP contribution in [0, 0.1) is 6.92 Å². The van der Waals surface area contributed by atoms with Crippen LogP contribution in [0.5, 0.6) is 0 Å². The van der Waals surface area contributed by atoms with E-state index in [1.165, 1.54) is 11.3 Å². The lowest BCUT2D eigenvalue weighted by Crippen LogP contribution is -2.35. The standard InChI is InChI=1S/C25H31N5O/c1-4-30(5-2)20-11-12-22(18(3)15-20)26-25-27-23-13-14-29(17-21(23)24(31)28-25)16-19-9-7-6-8-10-19/h6-12,15H,4-5,13-14,16-17H2,1-3H3,(H2,26,27,28,31). The number of anilines is 3. The molecule has 0 amide bonds. The van der Waals surface area contributed by atoms with Crippen LogP contribution < -0.4 is 15.8 Å². The highest BCUT2D eigenvalue weighted by atomic mass is 16.1. The Hall–Kier alpha value is -3.12. The molecule has 0 saturated heterocycles. The van der Waals surface area contributed by atoms with Crippen molar-refractivity contribution in [2.75, 3.05) is 29.9 Å². The summed E-state index contributed by atoms with van der Waals surface area (Å²) in [4.78, 5) is 25.1. The number of H-pyrrole nitrogens is 1.